The molecule has 0 amide bonds. The minimum absolute atomic E-state index is 0.157. The minimum Gasteiger partial charge on any atom is -0.370 e. The Labute approximate surface area is 116 Å². The van der Waals surface area contributed by atoms with Crippen molar-refractivity contribution in [2.24, 2.45) is 0 Å². The first-order valence-corrected chi connectivity index (χ1v) is 7.32. The van der Waals surface area contributed by atoms with E-state index in [9.17, 15) is 8.42 Å². The monoisotopic (exact) mass is 297 g/mol. The van der Waals surface area contributed by atoms with Crippen molar-refractivity contribution in [3.63, 3.8) is 0 Å². The molecule has 9 heteroatoms. The van der Waals surface area contributed by atoms with E-state index in [1.807, 2.05) is 0 Å². The molecule has 0 aliphatic heterocycles. The van der Waals surface area contributed by atoms with Crippen LogP contribution < -0.4 is 5.32 Å². The normalized spacial score (nSPS) is 11.8. The lowest BCUT2D eigenvalue weighted by Crippen LogP contribution is -2.22. The van der Waals surface area contributed by atoms with Crippen LogP contribution in [-0.2, 0) is 16.4 Å². The lowest BCUT2D eigenvalue weighted by Gasteiger charge is -2.11. The van der Waals surface area contributed by atoms with E-state index in [1.165, 1.54) is 32.7 Å². The fourth-order valence-corrected chi connectivity index (χ4v) is 2.30. The van der Waals surface area contributed by atoms with Gasteiger partial charge in [-0.1, -0.05) is 5.16 Å². The number of aromatic nitrogens is 3. The van der Waals surface area contributed by atoms with E-state index in [-0.39, 0.29) is 4.90 Å². The third-order valence-electron chi connectivity index (χ3n) is 2.57. The molecule has 108 valence electrons. The standard InChI is InChI=1S/C11H15N5O3S/c1-16(2)20(17,18)9-3-4-10(13-7-9)12-6-5-11-14-8-15-19-11/h3-4,7-8H,5-6H2,1-2H3,(H,12,13). The number of nitrogens with one attached hydrogen (secondary N) is 1. The highest BCUT2D eigenvalue weighted by atomic mass is 32.2. The number of rotatable bonds is 6. The second kappa shape index (κ2) is 5.97. The Morgan fingerprint density at radius 2 is 2.10 bits per heavy atom. The molecule has 0 spiro atoms. The van der Waals surface area contributed by atoms with Crippen LogP contribution in [-0.4, -0.2) is 48.5 Å². The van der Waals surface area contributed by atoms with E-state index in [4.69, 9.17) is 4.52 Å². The van der Waals surface area contributed by atoms with Crippen molar-refractivity contribution in [2.75, 3.05) is 26.0 Å². The predicted octanol–water partition coefficient (Wildman–Crippen LogP) is 0.369. The van der Waals surface area contributed by atoms with Crippen molar-refractivity contribution in [3.05, 3.63) is 30.5 Å². The molecule has 0 aliphatic carbocycles. The van der Waals surface area contributed by atoms with Gasteiger partial charge in [0.15, 0.2) is 6.33 Å². The SMILES string of the molecule is CN(C)S(=O)(=O)c1ccc(NCCc2ncno2)nc1. The Bertz CT molecular complexity index is 637. The molecule has 0 radical (unpaired) electrons. The van der Waals surface area contributed by atoms with E-state index in [0.29, 0.717) is 24.7 Å². The Morgan fingerprint density at radius 3 is 2.65 bits per heavy atom. The van der Waals surface area contributed by atoms with Gasteiger partial charge in [-0.2, -0.15) is 4.98 Å². The van der Waals surface area contributed by atoms with Crippen LogP contribution in [0, 0.1) is 0 Å². The summed E-state index contributed by atoms with van der Waals surface area (Å²) >= 11 is 0. The van der Waals surface area contributed by atoms with Gasteiger partial charge < -0.3 is 9.84 Å². The molecule has 2 aromatic rings. The van der Waals surface area contributed by atoms with Gasteiger partial charge in [-0.15, -0.1) is 0 Å². The molecule has 8 nitrogen and oxygen atoms in total. The summed E-state index contributed by atoms with van der Waals surface area (Å²) in [4.78, 5) is 8.11. The molecule has 2 aromatic heterocycles. The van der Waals surface area contributed by atoms with Gasteiger partial charge in [0, 0.05) is 33.3 Å². The number of hydrogen-bond acceptors (Lipinski definition) is 7. The number of pyridine rings is 1. The van der Waals surface area contributed by atoms with Crippen molar-refractivity contribution in [2.45, 2.75) is 11.3 Å². The number of anilines is 1. The molecule has 2 heterocycles. The van der Waals surface area contributed by atoms with Crippen LogP contribution in [0.1, 0.15) is 5.89 Å². The molecule has 0 bridgehead atoms. The highest BCUT2D eigenvalue weighted by Gasteiger charge is 2.17. The van der Waals surface area contributed by atoms with E-state index >= 15 is 0 Å². The van der Waals surface area contributed by atoms with Gasteiger partial charge in [-0.3, -0.25) is 0 Å². The highest BCUT2D eigenvalue weighted by Crippen LogP contribution is 2.13. The molecule has 0 fully saturated rings. The predicted molar refractivity (Wildman–Crippen MR) is 71.6 cm³/mol. The van der Waals surface area contributed by atoms with E-state index in [2.05, 4.69) is 20.4 Å². The van der Waals surface area contributed by atoms with Crippen molar-refractivity contribution < 1.29 is 12.9 Å². The van der Waals surface area contributed by atoms with Gasteiger partial charge in [-0.25, -0.2) is 17.7 Å². The molecule has 1 N–H and O–H groups in total. The van der Waals surface area contributed by atoms with Gasteiger partial charge in [0.25, 0.3) is 0 Å². The molecule has 0 saturated carbocycles. The third kappa shape index (κ3) is 3.31. The molecular weight excluding hydrogens is 282 g/mol. The van der Waals surface area contributed by atoms with E-state index < -0.39 is 10.0 Å². The number of sulfonamides is 1. The average molecular weight is 297 g/mol. The fraction of sp³-hybridized carbons (Fsp3) is 0.364. The van der Waals surface area contributed by atoms with Crippen LogP contribution >= 0.6 is 0 Å². The molecule has 0 saturated heterocycles. The van der Waals surface area contributed by atoms with Crippen LogP contribution in [0.25, 0.3) is 0 Å². The highest BCUT2D eigenvalue weighted by molar-refractivity contribution is 7.89. The minimum atomic E-state index is -3.44. The topological polar surface area (TPSA) is 101 Å². The van der Waals surface area contributed by atoms with Gasteiger partial charge in [0.2, 0.25) is 15.9 Å². The van der Waals surface area contributed by atoms with Crippen LogP contribution in [0.3, 0.4) is 0 Å². The average Bonchev–Trinajstić information content (AvgIpc) is 2.92. The lowest BCUT2D eigenvalue weighted by atomic mass is 10.4. The zero-order valence-electron chi connectivity index (χ0n) is 11.1. The van der Waals surface area contributed by atoms with Crippen molar-refractivity contribution in [3.8, 4) is 0 Å². The molecular formula is C11H15N5O3S. The summed E-state index contributed by atoms with van der Waals surface area (Å²) < 4.78 is 29.7. The zero-order valence-corrected chi connectivity index (χ0v) is 12.0. The summed E-state index contributed by atoms with van der Waals surface area (Å²) in [7, 11) is -0.484. The van der Waals surface area contributed by atoms with Crippen LogP contribution in [0.15, 0.2) is 34.1 Å². The summed E-state index contributed by atoms with van der Waals surface area (Å²) in [6.07, 6.45) is 3.23. The summed E-state index contributed by atoms with van der Waals surface area (Å²) in [6.45, 7) is 0.564. The fourth-order valence-electron chi connectivity index (χ4n) is 1.45. The maximum absolute atomic E-state index is 11.9. The summed E-state index contributed by atoms with van der Waals surface area (Å²) in [5.41, 5.74) is 0. The molecule has 20 heavy (non-hydrogen) atoms. The first-order valence-electron chi connectivity index (χ1n) is 5.88. The first kappa shape index (κ1) is 14.4. The van der Waals surface area contributed by atoms with Gasteiger partial charge in [0.05, 0.1) is 0 Å². The van der Waals surface area contributed by atoms with E-state index in [0.717, 1.165) is 4.31 Å². The quantitative estimate of drug-likeness (QED) is 0.821. The largest absolute Gasteiger partial charge is 0.370 e. The van der Waals surface area contributed by atoms with Crippen molar-refractivity contribution in [1.82, 2.24) is 19.4 Å². The van der Waals surface area contributed by atoms with Crippen LogP contribution in [0.4, 0.5) is 5.82 Å². The third-order valence-corrected chi connectivity index (χ3v) is 4.37. The van der Waals surface area contributed by atoms with Gasteiger partial charge in [0.1, 0.15) is 10.7 Å². The smallest absolute Gasteiger partial charge is 0.244 e. The molecule has 0 aromatic carbocycles. The molecule has 0 unspecified atom stereocenters. The second-order valence-electron chi connectivity index (χ2n) is 4.18. The van der Waals surface area contributed by atoms with Crippen molar-refractivity contribution >= 4 is 15.8 Å². The number of hydrogen-bond donors (Lipinski definition) is 1. The molecule has 2 rings (SSSR count). The summed E-state index contributed by atoms with van der Waals surface area (Å²) in [6, 6.07) is 3.13. The van der Waals surface area contributed by atoms with Crippen LogP contribution in [0.5, 0.6) is 0 Å². The second-order valence-corrected chi connectivity index (χ2v) is 6.33. The maximum Gasteiger partial charge on any atom is 0.244 e. The zero-order chi connectivity index (χ0) is 14.6. The summed E-state index contributed by atoms with van der Waals surface area (Å²) in [5, 5.41) is 6.55. The first-order chi connectivity index (χ1) is 9.50. The van der Waals surface area contributed by atoms with Gasteiger partial charge in [-0.05, 0) is 12.1 Å². The van der Waals surface area contributed by atoms with Crippen LogP contribution in [0.2, 0.25) is 0 Å². The van der Waals surface area contributed by atoms with E-state index in [1.54, 1.807) is 6.07 Å². The Kier molecular flexibility index (Phi) is 4.30. The van der Waals surface area contributed by atoms with Crippen molar-refractivity contribution in [1.29, 1.82) is 0 Å². The number of nitrogens with zero attached hydrogens (tertiary/aromatic N) is 4. The Balaban J connectivity index is 1.95. The van der Waals surface area contributed by atoms with Gasteiger partial charge >= 0.3 is 0 Å². The maximum atomic E-state index is 11.9. The molecule has 0 aliphatic rings. The Hall–Kier alpha value is -2.00. The lowest BCUT2D eigenvalue weighted by molar-refractivity contribution is 0.379. The Morgan fingerprint density at radius 1 is 1.30 bits per heavy atom. The molecule has 0 atom stereocenters. The summed E-state index contributed by atoms with van der Waals surface area (Å²) in [5.74, 6) is 1.12.